The van der Waals surface area contributed by atoms with Crippen molar-refractivity contribution in [2.24, 2.45) is 0 Å². The summed E-state index contributed by atoms with van der Waals surface area (Å²) in [6.45, 7) is 0. The van der Waals surface area contributed by atoms with Crippen molar-refractivity contribution in [1.29, 1.82) is 0 Å². The Morgan fingerprint density at radius 3 is 2.60 bits per heavy atom. The van der Waals surface area contributed by atoms with Crippen molar-refractivity contribution in [1.82, 2.24) is 20.2 Å². The number of amides is 1. The summed E-state index contributed by atoms with van der Waals surface area (Å²) >= 11 is 12.7. The van der Waals surface area contributed by atoms with Crippen molar-refractivity contribution < 1.29 is 9.18 Å². The van der Waals surface area contributed by atoms with Crippen LogP contribution < -0.4 is 5.32 Å². The lowest BCUT2D eigenvalue weighted by molar-refractivity contribution is -0.113. The van der Waals surface area contributed by atoms with E-state index in [9.17, 15) is 9.18 Å². The van der Waals surface area contributed by atoms with E-state index in [1.807, 2.05) is 0 Å². The number of rotatable bonds is 5. The van der Waals surface area contributed by atoms with E-state index in [0.717, 1.165) is 17.8 Å². The van der Waals surface area contributed by atoms with Gasteiger partial charge in [-0.05, 0) is 52.9 Å². The molecule has 2 aromatic carbocycles. The SMILES string of the molecule is O=C(CSc1nnnn1-c1ccc(Cl)cc1)Nc1ccc(Cl)cc1F. The minimum atomic E-state index is -0.600. The number of benzene rings is 2. The average molecular weight is 398 g/mol. The number of thioether (sulfide) groups is 1. The number of halogens is 3. The van der Waals surface area contributed by atoms with Crippen LogP contribution in [0.2, 0.25) is 10.0 Å². The van der Waals surface area contributed by atoms with Gasteiger partial charge in [0.05, 0.1) is 17.1 Å². The third-order valence-corrected chi connectivity index (χ3v) is 4.46. The molecule has 3 aromatic rings. The van der Waals surface area contributed by atoms with Gasteiger partial charge in [0.15, 0.2) is 0 Å². The lowest BCUT2D eigenvalue weighted by atomic mass is 10.3. The highest BCUT2D eigenvalue weighted by atomic mass is 35.5. The third kappa shape index (κ3) is 4.47. The van der Waals surface area contributed by atoms with Gasteiger partial charge in [-0.1, -0.05) is 35.0 Å². The molecule has 1 amide bonds. The fourth-order valence-corrected chi connectivity index (χ4v) is 2.90. The Labute approximate surface area is 156 Å². The van der Waals surface area contributed by atoms with E-state index < -0.39 is 11.7 Å². The molecule has 1 aromatic heterocycles. The summed E-state index contributed by atoms with van der Waals surface area (Å²) in [6, 6.07) is 11.0. The zero-order valence-corrected chi connectivity index (χ0v) is 14.8. The Hall–Kier alpha value is -2.16. The summed E-state index contributed by atoms with van der Waals surface area (Å²) in [6.07, 6.45) is 0. The average Bonchev–Trinajstić information content (AvgIpc) is 3.05. The Kier molecular flexibility index (Phi) is 5.52. The van der Waals surface area contributed by atoms with Gasteiger partial charge in [-0.25, -0.2) is 4.39 Å². The van der Waals surface area contributed by atoms with Gasteiger partial charge in [0.2, 0.25) is 11.1 Å². The van der Waals surface area contributed by atoms with Gasteiger partial charge >= 0.3 is 0 Å². The normalized spacial score (nSPS) is 10.7. The minimum Gasteiger partial charge on any atom is -0.323 e. The molecule has 0 saturated carbocycles. The van der Waals surface area contributed by atoms with E-state index in [2.05, 4.69) is 20.8 Å². The largest absolute Gasteiger partial charge is 0.323 e. The quantitative estimate of drug-likeness (QED) is 0.662. The van der Waals surface area contributed by atoms with Crippen molar-refractivity contribution in [3.63, 3.8) is 0 Å². The van der Waals surface area contributed by atoms with Crippen molar-refractivity contribution in [3.8, 4) is 5.69 Å². The molecule has 0 aliphatic carbocycles. The zero-order chi connectivity index (χ0) is 17.8. The van der Waals surface area contributed by atoms with Crippen LogP contribution in [0.4, 0.5) is 10.1 Å². The van der Waals surface area contributed by atoms with E-state index >= 15 is 0 Å². The summed E-state index contributed by atoms with van der Waals surface area (Å²) in [5.74, 6) is -0.982. The summed E-state index contributed by atoms with van der Waals surface area (Å²) in [7, 11) is 0. The zero-order valence-electron chi connectivity index (χ0n) is 12.5. The molecule has 0 saturated heterocycles. The Morgan fingerprint density at radius 2 is 1.88 bits per heavy atom. The molecule has 0 fully saturated rings. The highest BCUT2D eigenvalue weighted by Gasteiger charge is 2.13. The van der Waals surface area contributed by atoms with Crippen LogP contribution >= 0.6 is 35.0 Å². The molecule has 0 atom stereocenters. The van der Waals surface area contributed by atoms with Crippen molar-refractivity contribution >= 4 is 46.6 Å². The first kappa shape index (κ1) is 17.7. The molecule has 1 heterocycles. The molecule has 0 unspecified atom stereocenters. The lowest BCUT2D eigenvalue weighted by Crippen LogP contribution is -2.15. The molecule has 1 N–H and O–H groups in total. The van der Waals surface area contributed by atoms with Crippen LogP contribution in [-0.2, 0) is 4.79 Å². The van der Waals surface area contributed by atoms with Crippen LogP contribution in [0.3, 0.4) is 0 Å². The minimum absolute atomic E-state index is 0.00995. The van der Waals surface area contributed by atoms with Gasteiger partial charge in [-0.2, -0.15) is 4.68 Å². The molecule has 3 rings (SSSR count). The molecule has 10 heteroatoms. The second-order valence-corrected chi connectivity index (χ2v) is 6.63. The molecule has 0 radical (unpaired) electrons. The fourth-order valence-electron chi connectivity index (χ4n) is 1.92. The standard InChI is InChI=1S/C15H10Cl2FN5OS/c16-9-1-4-11(5-2-9)23-15(20-21-22-23)25-8-14(24)19-13-6-3-10(17)7-12(13)18/h1-7H,8H2,(H,19,24). The fraction of sp³-hybridized carbons (Fsp3) is 0.0667. The van der Waals surface area contributed by atoms with Crippen LogP contribution in [0.1, 0.15) is 0 Å². The van der Waals surface area contributed by atoms with Crippen molar-refractivity contribution in [3.05, 3.63) is 58.3 Å². The van der Waals surface area contributed by atoms with Gasteiger partial charge in [0.25, 0.3) is 0 Å². The van der Waals surface area contributed by atoms with Gasteiger partial charge in [-0.3, -0.25) is 4.79 Å². The van der Waals surface area contributed by atoms with Gasteiger partial charge in [0.1, 0.15) is 5.82 Å². The first-order valence-electron chi connectivity index (χ1n) is 6.95. The molecule has 6 nitrogen and oxygen atoms in total. The van der Waals surface area contributed by atoms with E-state index in [0.29, 0.717) is 15.9 Å². The number of hydrogen-bond acceptors (Lipinski definition) is 5. The predicted molar refractivity (Wildman–Crippen MR) is 94.9 cm³/mol. The van der Waals surface area contributed by atoms with Gasteiger partial charge in [0, 0.05) is 10.0 Å². The molecule has 128 valence electrons. The maximum Gasteiger partial charge on any atom is 0.234 e. The van der Waals surface area contributed by atoms with E-state index in [4.69, 9.17) is 23.2 Å². The molecule has 25 heavy (non-hydrogen) atoms. The van der Waals surface area contributed by atoms with E-state index in [-0.39, 0.29) is 16.5 Å². The molecule has 0 spiro atoms. The Bertz CT molecular complexity index is 903. The maximum atomic E-state index is 13.7. The van der Waals surface area contributed by atoms with Crippen LogP contribution in [0.5, 0.6) is 0 Å². The summed E-state index contributed by atoms with van der Waals surface area (Å²) in [5.41, 5.74) is 0.772. The van der Waals surface area contributed by atoms with E-state index in [1.165, 1.54) is 16.8 Å². The molecular formula is C15H10Cl2FN5OS. The highest BCUT2D eigenvalue weighted by Crippen LogP contribution is 2.22. The predicted octanol–water partition coefficient (Wildman–Crippen LogP) is 3.84. The number of anilines is 1. The molecule has 0 aliphatic rings. The lowest BCUT2D eigenvalue weighted by Gasteiger charge is -2.07. The van der Waals surface area contributed by atoms with Crippen LogP contribution in [0.15, 0.2) is 47.6 Å². The summed E-state index contributed by atoms with van der Waals surface area (Å²) < 4.78 is 15.2. The monoisotopic (exact) mass is 397 g/mol. The number of carbonyl (C=O) groups excluding carboxylic acids is 1. The topological polar surface area (TPSA) is 72.7 Å². The first-order valence-corrected chi connectivity index (χ1v) is 8.69. The molecule has 0 bridgehead atoms. The Balaban J connectivity index is 1.65. The van der Waals surface area contributed by atoms with E-state index in [1.54, 1.807) is 24.3 Å². The van der Waals surface area contributed by atoms with Crippen LogP contribution in [0.25, 0.3) is 5.69 Å². The number of carbonyl (C=O) groups is 1. The smallest absolute Gasteiger partial charge is 0.234 e. The number of tetrazole rings is 1. The van der Waals surface area contributed by atoms with Crippen LogP contribution in [0, 0.1) is 5.82 Å². The first-order chi connectivity index (χ1) is 12.0. The summed E-state index contributed by atoms with van der Waals surface area (Å²) in [5, 5.41) is 15.1. The highest BCUT2D eigenvalue weighted by molar-refractivity contribution is 7.99. The number of hydrogen-bond donors (Lipinski definition) is 1. The van der Waals surface area contributed by atoms with Crippen molar-refractivity contribution in [2.75, 3.05) is 11.1 Å². The number of nitrogens with one attached hydrogen (secondary N) is 1. The Morgan fingerprint density at radius 1 is 1.16 bits per heavy atom. The van der Waals surface area contributed by atoms with Crippen molar-refractivity contribution in [2.45, 2.75) is 5.16 Å². The molecular weight excluding hydrogens is 388 g/mol. The third-order valence-electron chi connectivity index (χ3n) is 3.05. The summed E-state index contributed by atoms with van der Waals surface area (Å²) in [4.78, 5) is 12.0. The number of nitrogens with zero attached hydrogens (tertiary/aromatic N) is 4. The van der Waals surface area contributed by atoms with Gasteiger partial charge < -0.3 is 5.32 Å². The van der Waals surface area contributed by atoms with Crippen LogP contribution in [-0.4, -0.2) is 31.9 Å². The molecule has 0 aliphatic heterocycles. The second-order valence-electron chi connectivity index (χ2n) is 4.81. The maximum absolute atomic E-state index is 13.7. The van der Waals surface area contributed by atoms with Gasteiger partial charge in [-0.15, -0.1) is 5.10 Å². The number of aromatic nitrogens is 4. The second kappa shape index (κ2) is 7.81.